The maximum Gasteiger partial charge on any atom is 0.225 e. The first-order valence-corrected chi connectivity index (χ1v) is 9.61. The number of anilines is 1. The second kappa shape index (κ2) is 8.07. The largest absolute Gasteiger partial charge is 0.396 e. The predicted octanol–water partition coefficient (Wildman–Crippen LogP) is 4.40. The fourth-order valence-corrected chi connectivity index (χ4v) is 4.01. The maximum absolute atomic E-state index is 9.88. The molecule has 1 saturated heterocycles. The summed E-state index contributed by atoms with van der Waals surface area (Å²) in [7, 11) is 0. The van der Waals surface area contributed by atoms with Crippen LogP contribution in [0.5, 0.6) is 0 Å². The summed E-state index contributed by atoms with van der Waals surface area (Å²) in [5, 5.41) is 10.6. The molecule has 1 aromatic heterocycles. The van der Waals surface area contributed by atoms with E-state index in [-0.39, 0.29) is 18.4 Å². The molecule has 1 aliphatic rings. The van der Waals surface area contributed by atoms with Gasteiger partial charge in [-0.15, -0.1) is 0 Å². The molecule has 0 aliphatic carbocycles. The van der Waals surface area contributed by atoms with E-state index in [0.717, 1.165) is 41.6 Å². The van der Waals surface area contributed by atoms with E-state index in [4.69, 9.17) is 11.6 Å². The first-order chi connectivity index (χ1) is 13.2. The van der Waals surface area contributed by atoms with Crippen molar-refractivity contribution >= 4 is 17.5 Å². The maximum atomic E-state index is 9.88. The highest BCUT2D eigenvalue weighted by Gasteiger charge is 2.31. The molecule has 2 atom stereocenters. The molecule has 0 spiro atoms. The Kier molecular flexibility index (Phi) is 5.37. The van der Waals surface area contributed by atoms with Crippen LogP contribution in [-0.2, 0) is 0 Å². The lowest BCUT2D eigenvalue weighted by Crippen LogP contribution is -2.41. The number of hydrogen-bond donors (Lipinski definition) is 1. The highest BCUT2D eigenvalue weighted by atomic mass is 35.5. The Morgan fingerprint density at radius 1 is 1.00 bits per heavy atom. The van der Waals surface area contributed by atoms with E-state index in [1.54, 1.807) is 12.4 Å². The number of halogens is 1. The third-order valence-electron chi connectivity index (χ3n) is 5.32. The van der Waals surface area contributed by atoms with Crippen molar-refractivity contribution in [3.8, 4) is 11.1 Å². The highest BCUT2D eigenvalue weighted by Crippen LogP contribution is 2.34. The van der Waals surface area contributed by atoms with Crippen molar-refractivity contribution in [1.29, 1.82) is 0 Å². The van der Waals surface area contributed by atoms with Gasteiger partial charge in [0, 0.05) is 43.0 Å². The van der Waals surface area contributed by atoms with Crippen molar-refractivity contribution in [3.05, 3.63) is 77.6 Å². The summed E-state index contributed by atoms with van der Waals surface area (Å²) in [6.07, 6.45) is 4.47. The van der Waals surface area contributed by atoms with E-state index in [1.807, 2.05) is 24.3 Å². The van der Waals surface area contributed by atoms with Gasteiger partial charge in [0.15, 0.2) is 0 Å². The van der Waals surface area contributed by atoms with Gasteiger partial charge in [-0.1, -0.05) is 48.0 Å². The third kappa shape index (κ3) is 3.97. The summed E-state index contributed by atoms with van der Waals surface area (Å²) in [5.41, 5.74) is 3.48. The first-order valence-electron chi connectivity index (χ1n) is 9.23. The van der Waals surface area contributed by atoms with Gasteiger partial charge in [0.1, 0.15) is 0 Å². The molecule has 27 heavy (non-hydrogen) atoms. The number of hydrogen-bond acceptors (Lipinski definition) is 4. The zero-order valence-electron chi connectivity index (χ0n) is 15.0. The van der Waals surface area contributed by atoms with E-state index in [2.05, 4.69) is 45.2 Å². The number of aliphatic hydroxyl groups excluding tert-OH is 1. The molecular weight excluding hydrogens is 358 g/mol. The normalized spacial score (nSPS) is 19.9. The van der Waals surface area contributed by atoms with Crippen LogP contribution in [0, 0.1) is 5.92 Å². The molecule has 2 heterocycles. The minimum Gasteiger partial charge on any atom is -0.396 e. The van der Waals surface area contributed by atoms with E-state index in [1.165, 1.54) is 5.56 Å². The van der Waals surface area contributed by atoms with Crippen LogP contribution in [0.4, 0.5) is 5.95 Å². The average molecular weight is 380 g/mol. The zero-order chi connectivity index (χ0) is 18.6. The SMILES string of the molecule is OCC1CCN(c2ncccn2)CC1c1ccc(-c2cccc(Cl)c2)cc1. The number of benzene rings is 2. The van der Waals surface area contributed by atoms with Crippen molar-refractivity contribution in [1.82, 2.24) is 9.97 Å². The number of rotatable bonds is 4. The van der Waals surface area contributed by atoms with Crippen LogP contribution in [0.15, 0.2) is 67.0 Å². The Bertz CT molecular complexity index is 886. The lowest BCUT2D eigenvalue weighted by molar-refractivity contribution is 0.184. The Labute approximate surface area is 164 Å². The van der Waals surface area contributed by atoms with Crippen molar-refractivity contribution in [3.63, 3.8) is 0 Å². The van der Waals surface area contributed by atoms with E-state index < -0.39 is 0 Å². The van der Waals surface area contributed by atoms with Gasteiger partial charge in [0.25, 0.3) is 0 Å². The molecule has 5 heteroatoms. The Hall–Kier alpha value is -2.43. The minimum absolute atomic E-state index is 0.199. The lowest BCUT2D eigenvalue weighted by Gasteiger charge is -2.38. The standard InChI is InChI=1S/C22H22ClN3O/c23-20-4-1-3-18(13-20)16-5-7-17(8-6-16)21-14-26(12-9-19(21)15-27)22-24-10-2-11-25-22/h1-8,10-11,13,19,21,27H,9,12,14-15H2. The Morgan fingerprint density at radius 2 is 1.78 bits per heavy atom. The zero-order valence-corrected chi connectivity index (χ0v) is 15.8. The fraction of sp³-hybridized carbons (Fsp3) is 0.273. The van der Waals surface area contributed by atoms with Crippen molar-refractivity contribution in [2.75, 3.05) is 24.6 Å². The van der Waals surface area contributed by atoms with Crippen LogP contribution in [-0.4, -0.2) is 34.8 Å². The van der Waals surface area contributed by atoms with Gasteiger partial charge in [-0.2, -0.15) is 0 Å². The topological polar surface area (TPSA) is 49.2 Å². The van der Waals surface area contributed by atoms with E-state index >= 15 is 0 Å². The van der Waals surface area contributed by atoms with E-state index in [9.17, 15) is 5.11 Å². The van der Waals surface area contributed by atoms with Gasteiger partial charge < -0.3 is 10.0 Å². The van der Waals surface area contributed by atoms with Crippen LogP contribution in [0.25, 0.3) is 11.1 Å². The highest BCUT2D eigenvalue weighted by molar-refractivity contribution is 6.30. The van der Waals surface area contributed by atoms with Gasteiger partial charge in [0.05, 0.1) is 0 Å². The number of nitrogens with zero attached hydrogens (tertiary/aromatic N) is 3. The number of aromatic nitrogens is 2. The van der Waals surface area contributed by atoms with Crippen LogP contribution < -0.4 is 4.90 Å². The van der Waals surface area contributed by atoms with Crippen molar-refractivity contribution in [2.45, 2.75) is 12.3 Å². The molecule has 1 N–H and O–H groups in total. The van der Waals surface area contributed by atoms with Crippen molar-refractivity contribution < 1.29 is 5.11 Å². The monoisotopic (exact) mass is 379 g/mol. The summed E-state index contributed by atoms with van der Waals surface area (Å²) in [5.74, 6) is 1.26. The molecule has 138 valence electrons. The summed E-state index contributed by atoms with van der Waals surface area (Å²) in [6.45, 7) is 1.88. The fourth-order valence-electron chi connectivity index (χ4n) is 3.82. The molecule has 2 unspecified atom stereocenters. The second-order valence-electron chi connectivity index (χ2n) is 6.96. The van der Waals surface area contributed by atoms with Gasteiger partial charge in [-0.3, -0.25) is 0 Å². The Morgan fingerprint density at radius 3 is 2.48 bits per heavy atom. The smallest absolute Gasteiger partial charge is 0.225 e. The lowest BCUT2D eigenvalue weighted by atomic mass is 9.81. The molecule has 0 radical (unpaired) electrons. The summed E-state index contributed by atoms with van der Waals surface area (Å²) in [4.78, 5) is 11.0. The molecule has 3 aromatic rings. The molecule has 0 amide bonds. The molecule has 1 aliphatic heterocycles. The molecule has 4 rings (SSSR count). The summed E-state index contributed by atoms with van der Waals surface area (Å²) in [6, 6.07) is 18.3. The van der Waals surface area contributed by atoms with Crippen LogP contribution >= 0.6 is 11.6 Å². The van der Waals surface area contributed by atoms with Gasteiger partial charge in [-0.25, -0.2) is 9.97 Å². The minimum atomic E-state index is 0.199. The molecular formula is C22H22ClN3O. The summed E-state index contributed by atoms with van der Waals surface area (Å²) >= 11 is 6.11. The van der Waals surface area contributed by atoms with Gasteiger partial charge >= 0.3 is 0 Å². The second-order valence-corrected chi connectivity index (χ2v) is 7.40. The summed E-state index contributed by atoms with van der Waals surface area (Å²) < 4.78 is 0. The van der Waals surface area contributed by atoms with Gasteiger partial charge in [-0.05, 0) is 47.2 Å². The third-order valence-corrected chi connectivity index (χ3v) is 5.56. The van der Waals surface area contributed by atoms with Crippen LogP contribution in [0.2, 0.25) is 5.02 Å². The quantitative estimate of drug-likeness (QED) is 0.730. The molecule has 2 aromatic carbocycles. The van der Waals surface area contributed by atoms with Gasteiger partial charge in [0.2, 0.25) is 5.95 Å². The molecule has 0 saturated carbocycles. The van der Waals surface area contributed by atoms with Crippen LogP contribution in [0.3, 0.4) is 0 Å². The van der Waals surface area contributed by atoms with E-state index in [0.29, 0.717) is 0 Å². The number of aliphatic hydroxyl groups is 1. The first kappa shape index (κ1) is 18.0. The average Bonchev–Trinajstić information content (AvgIpc) is 2.74. The molecule has 1 fully saturated rings. The van der Waals surface area contributed by atoms with Crippen LogP contribution in [0.1, 0.15) is 17.9 Å². The molecule has 0 bridgehead atoms. The van der Waals surface area contributed by atoms with Crippen molar-refractivity contribution in [2.24, 2.45) is 5.92 Å². The predicted molar refractivity (Wildman–Crippen MR) is 109 cm³/mol. The Balaban J connectivity index is 1.58. The molecule has 4 nitrogen and oxygen atoms in total. The number of piperidine rings is 1.